The average molecular weight is 335 g/mol. The third-order valence-electron chi connectivity index (χ3n) is 4.83. The molecule has 2 aliphatic heterocycles. The number of nitriles is 1. The predicted octanol–water partition coefficient (Wildman–Crippen LogP) is 3.06. The van der Waals surface area contributed by atoms with Crippen LogP contribution in [0.2, 0.25) is 5.02 Å². The third kappa shape index (κ3) is 3.44. The van der Waals surface area contributed by atoms with Crippen molar-refractivity contribution in [2.75, 3.05) is 18.0 Å². The molecule has 23 heavy (non-hydrogen) atoms. The van der Waals surface area contributed by atoms with Gasteiger partial charge in [0.2, 0.25) is 0 Å². The number of ether oxygens (including phenoxy) is 1. The molecule has 0 aromatic heterocycles. The second kappa shape index (κ2) is 6.77. The fourth-order valence-corrected chi connectivity index (χ4v) is 3.73. The van der Waals surface area contributed by atoms with Crippen molar-refractivity contribution < 1.29 is 14.6 Å². The molecule has 0 saturated carbocycles. The number of carboxylic acids is 1. The Morgan fingerprint density at radius 3 is 2.61 bits per heavy atom. The van der Waals surface area contributed by atoms with Crippen LogP contribution in [-0.4, -0.2) is 36.4 Å². The van der Waals surface area contributed by atoms with Crippen LogP contribution in [0.3, 0.4) is 0 Å². The van der Waals surface area contributed by atoms with E-state index in [0.29, 0.717) is 22.9 Å². The molecule has 1 aromatic rings. The highest BCUT2D eigenvalue weighted by molar-refractivity contribution is 6.32. The van der Waals surface area contributed by atoms with Crippen LogP contribution in [0.1, 0.15) is 31.2 Å². The minimum atomic E-state index is -0.850. The zero-order valence-electron chi connectivity index (χ0n) is 12.7. The highest BCUT2D eigenvalue weighted by atomic mass is 35.5. The summed E-state index contributed by atoms with van der Waals surface area (Å²) in [5.74, 6) is -0.429. The molecule has 2 fully saturated rings. The first-order valence-electron chi connectivity index (χ1n) is 7.91. The molecule has 2 heterocycles. The molecule has 1 N–H and O–H groups in total. The Kier molecular flexibility index (Phi) is 4.74. The first-order chi connectivity index (χ1) is 11.1. The monoisotopic (exact) mass is 334 g/mol. The lowest BCUT2D eigenvalue weighted by Crippen LogP contribution is -2.38. The summed E-state index contributed by atoms with van der Waals surface area (Å²) < 4.78 is 5.68. The first kappa shape index (κ1) is 16.1. The van der Waals surface area contributed by atoms with Crippen LogP contribution < -0.4 is 4.90 Å². The van der Waals surface area contributed by atoms with Gasteiger partial charge < -0.3 is 14.7 Å². The number of halogens is 1. The molecule has 5 nitrogen and oxygen atoms in total. The molecule has 2 aliphatic rings. The van der Waals surface area contributed by atoms with E-state index in [1.54, 1.807) is 6.07 Å². The van der Waals surface area contributed by atoms with E-state index in [2.05, 4.69) is 11.0 Å². The van der Waals surface area contributed by atoms with Gasteiger partial charge >= 0.3 is 5.97 Å². The average Bonchev–Trinajstić information content (AvgIpc) is 3.05. The van der Waals surface area contributed by atoms with E-state index in [4.69, 9.17) is 26.7 Å². The largest absolute Gasteiger partial charge is 0.479 e. The number of piperidine rings is 1. The Morgan fingerprint density at radius 1 is 1.30 bits per heavy atom. The Labute approximate surface area is 140 Å². The number of hydrogen-bond acceptors (Lipinski definition) is 4. The molecule has 122 valence electrons. The fourth-order valence-electron chi connectivity index (χ4n) is 3.51. The van der Waals surface area contributed by atoms with Crippen molar-refractivity contribution in [3.8, 4) is 6.07 Å². The van der Waals surface area contributed by atoms with Gasteiger partial charge in [-0.1, -0.05) is 11.6 Å². The Bertz CT molecular complexity index is 635. The quantitative estimate of drug-likeness (QED) is 0.919. The standard InChI is InChI=1S/C17H19ClN2O3/c18-14-9-13(2-1-12(14)10-19)20-7-5-11(6-8-20)15-3-4-16(23-15)17(21)22/h1-2,9,11,15-16H,3-8H2,(H,21,22)/t15-,16+/m0/s1. The molecule has 0 radical (unpaired) electrons. The second-order valence-corrected chi connectivity index (χ2v) is 6.59. The van der Waals surface area contributed by atoms with E-state index in [0.717, 1.165) is 38.0 Å². The van der Waals surface area contributed by atoms with Gasteiger partial charge in [0.1, 0.15) is 6.07 Å². The molecule has 6 heteroatoms. The summed E-state index contributed by atoms with van der Waals surface area (Å²) >= 11 is 6.10. The number of rotatable bonds is 3. The molecule has 0 bridgehead atoms. The summed E-state index contributed by atoms with van der Waals surface area (Å²) in [4.78, 5) is 13.2. The molecule has 0 spiro atoms. The van der Waals surface area contributed by atoms with Crippen molar-refractivity contribution in [2.24, 2.45) is 5.92 Å². The number of hydrogen-bond donors (Lipinski definition) is 1. The van der Waals surface area contributed by atoms with E-state index >= 15 is 0 Å². The van der Waals surface area contributed by atoms with Crippen molar-refractivity contribution in [3.63, 3.8) is 0 Å². The Morgan fingerprint density at radius 2 is 2.04 bits per heavy atom. The van der Waals surface area contributed by atoms with Crippen LogP contribution in [-0.2, 0) is 9.53 Å². The zero-order valence-corrected chi connectivity index (χ0v) is 13.5. The van der Waals surface area contributed by atoms with Gasteiger partial charge in [-0.05, 0) is 49.8 Å². The Balaban J connectivity index is 1.58. The molecule has 0 aliphatic carbocycles. The van der Waals surface area contributed by atoms with Crippen LogP contribution in [0, 0.1) is 17.2 Å². The fraction of sp³-hybridized carbons (Fsp3) is 0.529. The number of aliphatic carboxylic acids is 1. The summed E-state index contributed by atoms with van der Waals surface area (Å²) in [6.45, 7) is 1.79. The topological polar surface area (TPSA) is 73.6 Å². The highest BCUT2D eigenvalue weighted by Gasteiger charge is 2.36. The summed E-state index contributed by atoms with van der Waals surface area (Å²) in [6, 6.07) is 7.59. The molecular weight excluding hydrogens is 316 g/mol. The van der Waals surface area contributed by atoms with Gasteiger partial charge in [0, 0.05) is 18.8 Å². The summed E-state index contributed by atoms with van der Waals surface area (Å²) in [5.41, 5.74) is 1.52. The van der Waals surface area contributed by atoms with E-state index in [9.17, 15) is 4.79 Å². The van der Waals surface area contributed by atoms with Gasteiger partial charge in [-0.3, -0.25) is 0 Å². The number of carbonyl (C=O) groups is 1. The normalized spacial score (nSPS) is 25.3. The molecular formula is C17H19ClN2O3. The SMILES string of the molecule is N#Cc1ccc(N2CCC([C@@H]3CC[C@H](C(=O)O)O3)CC2)cc1Cl. The lowest BCUT2D eigenvalue weighted by atomic mass is 9.89. The smallest absolute Gasteiger partial charge is 0.332 e. The number of anilines is 1. The van der Waals surface area contributed by atoms with Crippen molar-refractivity contribution >= 4 is 23.3 Å². The Hall–Kier alpha value is -1.77. The van der Waals surface area contributed by atoms with Crippen molar-refractivity contribution in [1.29, 1.82) is 5.26 Å². The van der Waals surface area contributed by atoms with Crippen molar-refractivity contribution in [3.05, 3.63) is 28.8 Å². The summed E-state index contributed by atoms with van der Waals surface area (Å²) in [6.07, 6.45) is 2.86. The maximum absolute atomic E-state index is 11.0. The van der Waals surface area contributed by atoms with Gasteiger partial charge in [-0.2, -0.15) is 5.26 Å². The van der Waals surface area contributed by atoms with Crippen LogP contribution in [0.4, 0.5) is 5.69 Å². The maximum Gasteiger partial charge on any atom is 0.332 e. The van der Waals surface area contributed by atoms with E-state index < -0.39 is 12.1 Å². The van der Waals surface area contributed by atoms with Gasteiger partial charge in [0.05, 0.1) is 16.7 Å². The summed E-state index contributed by atoms with van der Waals surface area (Å²) in [5, 5.41) is 18.4. The molecule has 0 amide bonds. The third-order valence-corrected chi connectivity index (χ3v) is 5.14. The van der Waals surface area contributed by atoms with E-state index in [-0.39, 0.29) is 6.10 Å². The molecule has 2 saturated heterocycles. The van der Waals surface area contributed by atoms with Crippen molar-refractivity contribution in [1.82, 2.24) is 0 Å². The summed E-state index contributed by atoms with van der Waals surface area (Å²) in [7, 11) is 0. The number of carboxylic acid groups (broad SMARTS) is 1. The number of benzene rings is 1. The van der Waals surface area contributed by atoms with E-state index in [1.165, 1.54) is 0 Å². The number of nitrogens with zero attached hydrogens (tertiary/aromatic N) is 2. The lowest BCUT2D eigenvalue weighted by Gasteiger charge is -2.36. The van der Waals surface area contributed by atoms with Crippen molar-refractivity contribution in [2.45, 2.75) is 37.9 Å². The molecule has 1 aromatic carbocycles. The lowest BCUT2D eigenvalue weighted by molar-refractivity contribution is -0.150. The maximum atomic E-state index is 11.0. The van der Waals surface area contributed by atoms with Crippen LogP contribution >= 0.6 is 11.6 Å². The van der Waals surface area contributed by atoms with E-state index in [1.807, 2.05) is 12.1 Å². The van der Waals surface area contributed by atoms with Gasteiger partial charge in [-0.25, -0.2) is 4.79 Å². The second-order valence-electron chi connectivity index (χ2n) is 6.18. The van der Waals surface area contributed by atoms with Crippen LogP contribution in [0.25, 0.3) is 0 Å². The molecule has 0 unspecified atom stereocenters. The zero-order chi connectivity index (χ0) is 16.4. The molecule has 3 rings (SSSR count). The minimum absolute atomic E-state index is 0.0720. The molecule has 2 atom stereocenters. The van der Waals surface area contributed by atoms with Gasteiger partial charge in [-0.15, -0.1) is 0 Å². The minimum Gasteiger partial charge on any atom is -0.479 e. The van der Waals surface area contributed by atoms with Crippen LogP contribution in [0.5, 0.6) is 0 Å². The van der Waals surface area contributed by atoms with Gasteiger partial charge in [0.15, 0.2) is 6.10 Å². The van der Waals surface area contributed by atoms with Crippen LogP contribution in [0.15, 0.2) is 18.2 Å². The highest BCUT2D eigenvalue weighted by Crippen LogP contribution is 2.34. The van der Waals surface area contributed by atoms with Gasteiger partial charge in [0.25, 0.3) is 0 Å². The predicted molar refractivity (Wildman–Crippen MR) is 86.6 cm³/mol. The first-order valence-corrected chi connectivity index (χ1v) is 8.29.